The largest absolute Gasteiger partial charge is 0.478 e. The second-order valence-corrected chi connectivity index (χ2v) is 4.10. The lowest BCUT2D eigenvalue weighted by Gasteiger charge is -2.15. The van der Waals surface area contributed by atoms with Gasteiger partial charge in [0.2, 0.25) is 5.91 Å². The molecule has 1 amide bonds. The Morgan fingerprint density at radius 3 is 2.95 bits per heavy atom. The monoisotopic (exact) mass is 263 g/mol. The standard InChI is InChI=1S/C12H13N3O4/c1-15(7-8-5-13-14-6-8)11(16)4-10-9(12(17)18)2-3-19-10/h2-3,5-6H,4,7H2,1H3,(H,13,14)(H,17,18). The van der Waals surface area contributed by atoms with Crippen molar-refractivity contribution in [2.24, 2.45) is 0 Å². The topological polar surface area (TPSA) is 99.4 Å². The second-order valence-electron chi connectivity index (χ2n) is 4.10. The number of amides is 1. The molecule has 0 aliphatic rings. The molecule has 0 aromatic carbocycles. The average molecular weight is 263 g/mol. The van der Waals surface area contributed by atoms with Crippen LogP contribution in [0.1, 0.15) is 21.7 Å². The van der Waals surface area contributed by atoms with Crippen molar-refractivity contribution in [3.63, 3.8) is 0 Å². The van der Waals surface area contributed by atoms with Crippen molar-refractivity contribution < 1.29 is 19.1 Å². The van der Waals surface area contributed by atoms with Crippen molar-refractivity contribution >= 4 is 11.9 Å². The van der Waals surface area contributed by atoms with Crippen molar-refractivity contribution in [1.29, 1.82) is 0 Å². The number of aromatic amines is 1. The van der Waals surface area contributed by atoms with E-state index in [2.05, 4.69) is 10.2 Å². The van der Waals surface area contributed by atoms with Crippen LogP contribution in [0.2, 0.25) is 0 Å². The number of carbonyl (C=O) groups is 2. The first-order valence-electron chi connectivity index (χ1n) is 5.59. The summed E-state index contributed by atoms with van der Waals surface area (Å²) in [6.07, 6.45) is 4.50. The number of nitrogens with zero attached hydrogens (tertiary/aromatic N) is 2. The molecule has 7 nitrogen and oxygen atoms in total. The summed E-state index contributed by atoms with van der Waals surface area (Å²) >= 11 is 0. The highest BCUT2D eigenvalue weighted by Crippen LogP contribution is 2.13. The summed E-state index contributed by atoms with van der Waals surface area (Å²) in [7, 11) is 1.64. The third kappa shape index (κ3) is 3.01. The number of nitrogens with one attached hydrogen (secondary N) is 1. The lowest BCUT2D eigenvalue weighted by Crippen LogP contribution is -2.27. The Labute approximate surface area is 108 Å². The van der Waals surface area contributed by atoms with Crippen molar-refractivity contribution in [3.8, 4) is 0 Å². The fourth-order valence-electron chi connectivity index (χ4n) is 1.67. The van der Waals surface area contributed by atoms with E-state index in [0.29, 0.717) is 6.54 Å². The zero-order valence-electron chi connectivity index (χ0n) is 10.3. The van der Waals surface area contributed by atoms with Gasteiger partial charge in [0.25, 0.3) is 0 Å². The van der Waals surface area contributed by atoms with E-state index >= 15 is 0 Å². The lowest BCUT2D eigenvalue weighted by atomic mass is 10.2. The van der Waals surface area contributed by atoms with Gasteiger partial charge >= 0.3 is 5.97 Å². The Hall–Kier alpha value is -2.57. The third-order valence-corrected chi connectivity index (χ3v) is 2.69. The normalized spacial score (nSPS) is 10.4. The highest BCUT2D eigenvalue weighted by Gasteiger charge is 2.18. The fourth-order valence-corrected chi connectivity index (χ4v) is 1.67. The first-order chi connectivity index (χ1) is 9.08. The van der Waals surface area contributed by atoms with E-state index in [1.165, 1.54) is 17.2 Å². The van der Waals surface area contributed by atoms with E-state index in [4.69, 9.17) is 9.52 Å². The van der Waals surface area contributed by atoms with Crippen molar-refractivity contribution in [2.75, 3.05) is 7.05 Å². The quantitative estimate of drug-likeness (QED) is 0.835. The molecule has 0 spiro atoms. The number of carboxylic acids is 1. The van der Waals surface area contributed by atoms with E-state index < -0.39 is 5.97 Å². The molecular weight excluding hydrogens is 250 g/mol. The maximum atomic E-state index is 12.0. The van der Waals surface area contributed by atoms with Crippen molar-refractivity contribution in [3.05, 3.63) is 41.6 Å². The molecule has 0 bridgehead atoms. The van der Waals surface area contributed by atoms with Crippen LogP contribution in [0.3, 0.4) is 0 Å². The van der Waals surface area contributed by atoms with Gasteiger partial charge in [-0.3, -0.25) is 9.89 Å². The number of carbonyl (C=O) groups excluding carboxylic acids is 1. The second kappa shape index (κ2) is 5.38. The smallest absolute Gasteiger partial charge is 0.339 e. The molecule has 0 fully saturated rings. The molecule has 0 radical (unpaired) electrons. The molecule has 2 aromatic rings. The summed E-state index contributed by atoms with van der Waals surface area (Å²) in [6, 6.07) is 1.33. The van der Waals surface area contributed by atoms with Gasteiger partial charge < -0.3 is 14.4 Å². The van der Waals surface area contributed by atoms with Gasteiger partial charge in [0.05, 0.1) is 18.9 Å². The Morgan fingerprint density at radius 2 is 2.32 bits per heavy atom. The van der Waals surface area contributed by atoms with Gasteiger partial charge in [-0.25, -0.2) is 4.79 Å². The molecule has 2 heterocycles. The third-order valence-electron chi connectivity index (χ3n) is 2.69. The predicted molar refractivity (Wildman–Crippen MR) is 64.4 cm³/mol. The number of aromatic carboxylic acids is 1. The highest BCUT2D eigenvalue weighted by molar-refractivity contribution is 5.90. The van der Waals surface area contributed by atoms with Gasteiger partial charge in [0, 0.05) is 25.4 Å². The zero-order chi connectivity index (χ0) is 13.8. The fraction of sp³-hybridized carbons (Fsp3) is 0.250. The summed E-state index contributed by atoms with van der Waals surface area (Å²) in [5.74, 6) is -1.16. The van der Waals surface area contributed by atoms with E-state index in [1.54, 1.807) is 19.4 Å². The van der Waals surface area contributed by atoms with Crippen LogP contribution in [0, 0.1) is 0 Å². The van der Waals surface area contributed by atoms with E-state index in [1.807, 2.05) is 0 Å². The van der Waals surface area contributed by atoms with Crippen LogP contribution in [-0.4, -0.2) is 39.1 Å². The minimum atomic E-state index is -1.10. The molecule has 100 valence electrons. The Morgan fingerprint density at radius 1 is 1.53 bits per heavy atom. The number of rotatable bonds is 5. The van der Waals surface area contributed by atoms with Gasteiger partial charge in [-0.15, -0.1) is 0 Å². The molecule has 0 saturated heterocycles. The van der Waals surface area contributed by atoms with E-state index in [0.717, 1.165) is 5.56 Å². The number of hydrogen-bond acceptors (Lipinski definition) is 4. The van der Waals surface area contributed by atoms with Gasteiger partial charge in [0.1, 0.15) is 11.3 Å². The molecule has 2 N–H and O–H groups in total. The van der Waals surface area contributed by atoms with E-state index in [9.17, 15) is 9.59 Å². The zero-order valence-corrected chi connectivity index (χ0v) is 10.3. The minimum Gasteiger partial charge on any atom is -0.478 e. The van der Waals surface area contributed by atoms with Gasteiger partial charge in [0.15, 0.2) is 0 Å². The average Bonchev–Trinajstić information content (AvgIpc) is 2.99. The number of likely N-dealkylation sites (N-methyl/N-ethyl adjacent to an activating group) is 1. The molecule has 0 aliphatic carbocycles. The van der Waals surface area contributed by atoms with Crippen molar-refractivity contribution in [1.82, 2.24) is 15.1 Å². The number of carboxylic acid groups (broad SMARTS) is 1. The first-order valence-corrected chi connectivity index (χ1v) is 5.59. The summed E-state index contributed by atoms with van der Waals surface area (Å²) in [5, 5.41) is 15.4. The van der Waals surface area contributed by atoms with Gasteiger partial charge in [-0.1, -0.05) is 0 Å². The SMILES string of the molecule is CN(Cc1cn[nH]c1)C(=O)Cc1occc1C(=O)O. The Kier molecular flexibility index (Phi) is 3.65. The molecule has 0 unspecified atom stereocenters. The van der Waals surface area contributed by atoms with Crippen LogP contribution in [0.15, 0.2) is 29.1 Å². The lowest BCUT2D eigenvalue weighted by molar-refractivity contribution is -0.129. The molecule has 0 saturated carbocycles. The summed E-state index contributed by atoms with van der Waals surface area (Å²) < 4.78 is 5.04. The minimum absolute atomic E-state index is 0.0186. The van der Waals surface area contributed by atoms with Crippen LogP contribution in [-0.2, 0) is 17.8 Å². The van der Waals surface area contributed by atoms with Crippen LogP contribution < -0.4 is 0 Å². The molecule has 0 atom stereocenters. The molecule has 19 heavy (non-hydrogen) atoms. The number of H-pyrrole nitrogens is 1. The van der Waals surface area contributed by atoms with Crippen LogP contribution >= 0.6 is 0 Å². The highest BCUT2D eigenvalue weighted by atomic mass is 16.4. The number of furan rings is 1. The van der Waals surface area contributed by atoms with Gasteiger partial charge in [-0.05, 0) is 6.07 Å². The number of aromatic nitrogens is 2. The summed E-state index contributed by atoms with van der Waals surface area (Å²) in [6.45, 7) is 0.401. The van der Waals surface area contributed by atoms with Gasteiger partial charge in [-0.2, -0.15) is 5.10 Å². The summed E-state index contributed by atoms with van der Waals surface area (Å²) in [5.41, 5.74) is 0.888. The van der Waals surface area contributed by atoms with E-state index in [-0.39, 0.29) is 23.7 Å². The van der Waals surface area contributed by atoms with Crippen LogP contribution in [0.5, 0.6) is 0 Å². The Balaban J connectivity index is 2.00. The maximum absolute atomic E-state index is 12.0. The molecular formula is C12H13N3O4. The van der Waals surface area contributed by atoms with Crippen LogP contribution in [0.4, 0.5) is 0 Å². The number of hydrogen-bond donors (Lipinski definition) is 2. The maximum Gasteiger partial charge on any atom is 0.339 e. The molecule has 7 heteroatoms. The molecule has 2 rings (SSSR count). The van der Waals surface area contributed by atoms with Crippen molar-refractivity contribution in [2.45, 2.75) is 13.0 Å². The summed E-state index contributed by atoms with van der Waals surface area (Å²) in [4.78, 5) is 24.3. The molecule has 2 aromatic heterocycles. The van der Waals surface area contributed by atoms with Crippen LogP contribution in [0.25, 0.3) is 0 Å². The predicted octanol–water partition coefficient (Wildman–Crippen LogP) is 0.902. The molecule has 0 aliphatic heterocycles. The Bertz CT molecular complexity index is 574. The first kappa shape index (κ1) is 12.9.